The van der Waals surface area contributed by atoms with Crippen LogP contribution in [0.2, 0.25) is 0 Å². The van der Waals surface area contributed by atoms with Crippen molar-refractivity contribution < 1.29 is 19.1 Å². The van der Waals surface area contributed by atoms with Crippen LogP contribution < -0.4 is 25.0 Å². The first kappa shape index (κ1) is 26.3. The molecular formula is C31H31N3O4. The summed E-state index contributed by atoms with van der Waals surface area (Å²) in [4.78, 5) is 27.4. The van der Waals surface area contributed by atoms with Gasteiger partial charge in [-0.3, -0.25) is 9.59 Å². The van der Waals surface area contributed by atoms with Crippen molar-refractivity contribution >= 4 is 28.9 Å². The van der Waals surface area contributed by atoms with Crippen molar-refractivity contribution in [3.63, 3.8) is 0 Å². The Labute approximate surface area is 223 Å². The second-order valence-corrected chi connectivity index (χ2v) is 8.41. The molecule has 7 nitrogen and oxygen atoms in total. The standard InChI is InChI=1S/C31H31N3O4/c1-2-34(27-14-5-3-6-15-27)31(36)24-11-9-13-26(21-24)33-30(35)23-32-25-12-10-18-29(22-25)38-20-19-37-28-16-7-4-8-17-28/h3-18,21-22,32H,2,19-20,23H2,1H3,(H,33,35). The molecule has 2 amide bonds. The number of anilines is 3. The molecule has 0 saturated carbocycles. The summed E-state index contributed by atoms with van der Waals surface area (Å²) in [7, 11) is 0. The maximum Gasteiger partial charge on any atom is 0.258 e. The van der Waals surface area contributed by atoms with Gasteiger partial charge in [-0.05, 0) is 61.5 Å². The third kappa shape index (κ3) is 7.61. The van der Waals surface area contributed by atoms with Crippen LogP contribution in [0.1, 0.15) is 17.3 Å². The average Bonchev–Trinajstić information content (AvgIpc) is 2.96. The second-order valence-electron chi connectivity index (χ2n) is 8.41. The molecule has 0 aromatic heterocycles. The molecule has 4 rings (SSSR count). The largest absolute Gasteiger partial charge is 0.490 e. The zero-order valence-corrected chi connectivity index (χ0v) is 21.3. The van der Waals surface area contributed by atoms with E-state index in [0.29, 0.717) is 36.8 Å². The van der Waals surface area contributed by atoms with Gasteiger partial charge in [-0.15, -0.1) is 0 Å². The van der Waals surface area contributed by atoms with Crippen molar-refractivity contribution in [2.24, 2.45) is 0 Å². The van der Waals surface area contributed by atoms with E-state index in [9.17, 15) is 9.59 Å². The molecule has 0 heterocycles. The first-order valence-corrected chi connectivity index (χ1v) is 12.5. The van der Waals surface area contributed by atoms with Crippen LogP contribution in [0.3, 0.4) is 0 Å². The molecule has 0 radical (unpaired) electrons. The Hall–Kier alpha value is -4.78. The van der Waals surface area contributed by atoms with Crippen LogP contribution in [0.15, 0.2) is 109 Å². The van der Waals surface area contributed by atoms with E-state index >= 15 is 0 Å². The number of benzene rings is 4. The third-order valence-corrected chi connectivity index (χ3v) is 5.67. The molecule has 0 unspecified atom stereocenters. The molecular weight excluding hydrogens is 478 g/mol. The quantitative estimate of drug-likeness (QED) is 0.234. The van der Waals surface area contributed by atoms with E-state index in [0.717, 1.165) is 17.1 Å². The van der Waals surface area contributed by atoms with Crippen LogP contribution in [0.5, 0.6) is 11.5 Å². The normalized spacial score (nSPS) is 10.3. The SMILES string of the molecule is CCN(C(=O)c1cccc(NC(=O)CNc2cccc(OCCOc3ccccc3)c2)c1)c1ccccc1. The summed E-state index contributed by atoms with van der Waals surface area (Å²) in [6.45, 7) is 3.34. The zero-order valence-electron chi connectivity index (χ0n) is 21.3. The molecule has 2 N–H and O–H groups in total. The van der Waals surface area contributed by atoms with Crippen LogP contribution in [-0.4, -0.2) is 38.1 Å². The van der Waals surface area contributed by atoms with Crippen molar-refractivity contribution in [1.29, 1.82) is 0 Å². The Balaban J connectivity index is 1.26. The van der Waals surface area contributed by atoms with E-state index in [-0.39, 0.29) is 18.4 Å². The molecule has 0 spiro atoms. The minimum absolute atomic E-state index is 0.0594. The summed E-state index contributed by atoms with van der Waals surface area (Å²) in [5.41, 5.74) is 2.64. The molecule has 7 heteroatoms. The van der Waals surface area contributed by atoms with Gasteiger partial charge < -0.3 is 25.0 Å². The molecule has 38 heavy (non-hydrogen) atoms. The molecule has 0 aliphatic rings. The summed E-state index contributed by atoms with van der Waals surface area (Å²) < 4.78 is 11.4. The van der Waals surface area contributed by atoms with Crippen molar-refractivity contribution in [2.45, 2.75) is 6.92 Å². The number of carbonyl (C=O) groups is 2. The van der Waals surface area contributed by atoms with E-state index in [1.807, 2.05) is 91.9 Å². The number of para-hydroxylation sites is 2. The first-order chi connectivity index (χ1) is 18.6. The highest BCUT2D eigenvalue weighted by Crippen LogP contribution is 2.20. The Kier molecular flexibility index (Phi) is 9.34. The highest BCUT2D eigenvalue weighted by molar-refractivity contribution is 6.07. The fraction of sp³-hybridized carbons (Fsp3) is 0.161. The van der Waals surface area contributed by atoms with Gasteiger partial charge in [0.1, 0.15) is 24.7 Å². The molecule has 0 saturated heterocycles. The zero-order chi connectivity index (χ0) is 26.6. The van der Waals surface area contributed by atoms with E-state index in [1.54, 1.807) is 29.2 Å². The van der Waals surface area contributed by atoms with Crippen LogP contribution in [0, 0.1) is 0 Å². The van der Waals surface area contributed by atoms with Gasteiger partial charge >= 0.3 is 0 Å². The molecule has 194 valence electrons. The Morgan fingerprint density at radius 2 is 1.34 bits per heavy atom. The van der Waals surface area contributed by atoms with Crippen LogP contribution >= 0.6 is 0 Å². The van der Waals surface area contributed by atoms with Crippen molar-refractivity contribution in [3.05, 3.63) is 115 Å². The summed E-state index contributed by atoms with van der Waals surface area (Å²) in [5, 5.41) is 5.97. The number of hydrogen-bond donors (Lipinski definition) is 2. The van der Waals surface area contributed by atoms with Crippen molar-refractivity contribution in [1.82, 2.24) is 0 Å². The number of hydrogen-bond acceptors (Lipinski definition) is 5. The Morgan fingerprint density at radius 3 is 2.08 bits per heavy atom. The summed E-state index contributed by atoms with van der Waals surface area (Å²) in [5.74, 6) is 1.12. The van der Waals surface area contributed by atoms with Gasteiger partial charge in [0, 0.05) is 35.2 Å². The minimum Gasteiger partial charge on any atom is -0.490 e. The lowest BCUT2D eigenvalue weighted by Crippen LogP contribution is -2.30. The number of ether oxygens (including phenoxy) is 2. The minimum atomic E-state index is -0.229. The maximum atomic E-state index is 13.1. The number of carbonyl (C=O) groups excluding carboxylic acids is 2. The van der Waals surface area contributed by atoms with E-state index in [4.69, 9.17) is 9.47 Å². The summed E-state index contributed by atoms with van der Waals surface area (Å²) in [6, 6.07) is 33.5. The van der Waals surface area contributed by atoms with Gasteiger partial charge in [-0.25, -0.2) is 0 Å². The van der Waals surface area contributed by atoms with Gasteiger partial charge in [0.15, 0.2) is 0 Å². The van der Waals surface area contributed by atoms with E-state index in [2.05, 4.69) is 10.6 Å². The highest BCUT2D eigenvalue weighted by atomic mass is 16.5. The molecule has 0 atom stereocenters. The van der Waals surface area contributed by atoms with Gasteiger partial charge in [0.2, 0.25) is 5.91 Å². The summed E-state index contributed by atoms with van der Waals surface area (Å²) >= 11 is 0. The van der Waals surface area contributed by atoms with Crippen LogP contribution in [0.4, 0.5) is 17.1 Å². The van der Waals surface area contributed by atoms with Crippen molar-refractivity contribution in [2.75, 3.05) is 41.8 Å². The molecule has 4 aromatic carbocycles. The average molecular weight is 510 g/mol. The molecule has 0 aliphatic carbocycles. The first-order valence-electron chi connectivity index (χ1n) is 12.5. The number of nitrogens with zero attached hydrogens (tertiary/aromatic N) is 1. The lowest BCUT2D eigenvalue weighted by Gasteiger charge is -2.21. The fourth-order valence-electron chi connectivity index (χ4n) is 3.86. The van der Waals surface area contributed by atoms with Crippen molar-refractivity contribution in [3.8, 4) is 11.5 Å². The third-order valence-electron chi connectivity index (χ3n) is 5.67. The van der Waals surface area contributed by atoms with Crippen LogP contribution in [0.25, 0.3) is 0 Å². The fourth-order valence-corrected chi connectivity index (χ4v) is 3.86. The Morgan fingerprint density at radius 1 is 0.711 bits per heavy atom. The molecule has 0 fully saturated rings. The summed E-state index contributed by atoms with van der Waals surface area (Å²) in [6.07, 6.45) is 0. The maximum absolute atomic E-state index is 13.1. The molecule has 4 aromatic rings. The number of rotatable bonds is 12. The van der Waals surface area contributed by atoms with Gasteiger partial charge in [0.25, 0.3) is 5.91 Å². The van der Waals surface area contributed by atoms with Gasteiger partial charge in [0.05, 0.1) is 6.54 Å². The molecule has 0 bridgehead atoms. The lowest BCUT2D eigenvalue weighted by molar-refractivity contribution is -0.114. The predicted molar refractivity (Wildman–Crippen MR) is 151 cm³/mol. The van der Waals surface area contributed by atoms with E-state index < -0.39 is 0 Å². The number of nitrogens with one attached hydrogen (secondary N) is 2. The number of amides is 2. The van der Waals surface area contributed by atoms with Gasteiger partial charge in [-0.2, -0.15) is 0 Å². The molecule has 0 aliphatic heterocycles. The highest BCUT2D eigenvalue weighted by Gasteiger charge is 2.16. The topological polar surface area (TPSA) is 79.9 Å². The monoisotopic (exact) mass is 509 g/mol. The van der Waals surface area contributed by atoms with Crippen LogP contribution in [-0.2, 0) is 4.79 Å². The second kappa shape index (κ2) is 13.5. The van der Waals surface area contributed by atoms with Gasteiger partial charge in [-0.1, -0.05) is 48.5 Å². The smallest absolute Gasteiger partial charge is 0.258 e. The van der Waals surface area contributed by atoms with E-state index in [1.165, 1.54) is 0 Å². The predicted octanol–water partition coefficient (Wildman–Crippen LogP) is 5.86. The lowest BCUT2D eigenvalue weighted by atomic mass is 10.1. The Bertz CT molecular complexity index is 1330.